The second-order valence-electron chi connectivity index (χ2n) is 1.34. The molecule has 0 aliphatic carbocycles. The van der Waals surface area contributed by atoms with Crippen molar-refractivity contribution in [3.63, 3.8) is 0 Å². The topological polar surface area (TPSA) is 0 Å². The van der Waals surface area contributed by atoms with Gasteiger partial charge in [0.1, 0.15) is 0 Å². The molecule has 0 rings (SSSR count). The van der Waals surface area contributed by atoms with Crippen LogP contribution in [0.15, 0.2) is 0 Å². The zero-order valence-corrected chi connectivity index (χ0v) is 9.81. The van der Waals surface area contributed by atoms with E-state index in [0.717, 1.165) is 0 Å². The van der Waals surface area contributed by atoms with Crippen molar-refractivity contribution in [2.75, 3.05) is 20.0 Å². The van der Waals surface area contributed by atoms with Gasteiger partial charge in [0.05, 0.1) is 0 Å². The van der Waals surface area contributed by atoms with Gasteiger partial charge in [-0.05, 0) is 20.0 Å². The molecule has 0 aromatic rings. The first-order valence-corrected chi connectivity index (χ1v) is 4.02. The molecule has 0 aliphatic heterocycles. The predicted molar refractivity (Wildman–Crippen MR) is 43.3 cm³/mol. The third-order valence-electron chi connectivity index (χ3n) is 0. The summed E-state index contributed by atoms with van der Waals surface area (Å²) in [4.78, 5) is 0. The number of hydrogen-bond donors (Lipinski definition) is 0. The summed E-state index contributed by atoms with van der Waals surface area (Å²) >= 11 is 0. The van der Waals surface area contributed by atoms with E-state index in [-0.39, 0.29) is 56.1 Å². The van der Waals surface area contributed by atoms with E-state index in [2.05, 4.69) is 20.0 Å². The standard InChI is InChI=1S/C3H9P.2CH3.Au.Li/c1-4(2)3;;;;/h1-3H3;2*1H3;;/q;2*-1;;. The van der Waals surface area contributed by atoms with E-state index in [1.807, 2.05) is 0 Å². The van der Waals surface area contributed by atoms with Crippen molar-refractivity contribution >= 4 is 26.8 Å². The molecule has 3 heteroatoms. The summed E-state index contributed by atoms with van der Waals surface area (Å²) in [6, 6.07) is 0. The van der Waals surface area contributed by atoms with Crippen molar-refractivity contribution in [1.82, 2.24) is 0 Å². The second-order valence-corrected chi connectivity index (χ2v) is 4.02. The van der Waals surface area contributed by atoms with E-state index in [0.29, 0.717) is 7.92 Å². The van der Waals surface area contributed by atoms with Gasteiger partial charge >= 0.3 is 0 Å². The monoisotopic (exact) mass is 310 g/mol. The van der Waals surface area contributed by atoms with Gasteiger partial charge in [0, 0.05) is 41.2 Å². The molecule has 0 saturated heterocycles. The zero-order valence-electron chi connectivity index (χ0n) is 6.75. The fraction of sp³-hybridized carbons (Fsp3) is 0.600. The van der Waals surface area contributed by atoms with Crippen LogP contribution in [0.3, 0.4) is 0 Å². The van der Waals surface area contributed by atoms with Crippen LogP contribution in [0, 0.1) is 14.9 Å². The first-order valence-electron chi connectivity index (χ1n) is 1.34. The Bertz CT molecular complexity index is 17.1. The van der Waals surface area contributed by atoms with Crippen molar-refractivity contribution in [2.45, 2.75) is 0 Å². The van der Waals surface area contributed by atoms with Crippen LogP contribution in [0.2, 0.25) is 0 Å². The average molecular weight is 310 g/mol. The molecule has 0 nitrogen and oxygen atoms in total. The molecule has 0 N–H and O–H groups in total. The number of rotatable bonds is 0. The molecule has 0 unspecified atom stereocenters. The molecule has 0 fully saturated rings. The van der Waals surface area contributed by atoms with Gasteiger partial charge in [-0.25, -0.2) is 0 Å². The van der Waals surface area contributed by atoms with Crippen molar-refractivity contribution in [2.24, 2.45) is 0 Å². The molecule has 0 atom stereocenters. The first-order chi connectivity index (χ1) is 1.73. The molecule has 0 aromatic carbocycles. The van der Waals surface area contributed by atoms with Crippen LogP contribution in [0.5, 0.6) is 0 Å². The summed E-state index contributed by atoms with van der Waals surface area (Å²) in [5.74, 6) is 0. The molecule has 54 valence electrons. The Balaban J connectivity index is -0.00000000750. The first kappa shape index (κ1) is 33.0. The Morgan fingerprint density at radius 3 is 0.875 bits per heavy atom. The maximum Gasteiger partial charge on any atom is 0 e. The Morgan fingerprint density at radius 1 is 0.875 bits per heavy atom. The smallest absolute Gasteiger partial charge is 0 e. The van der Waals surface area contributed by atoms with Crippen molar-refractivity contribution in [1.29, 1.82) is 0 Å². The molecule has 8 heavy (non-hydrogen) atoms. The largest absolute Gasteiger partial charge is 0.358 e. The van der Waals surface area contributed by atoms with E-state index < -0.39 is 0 Å². The Hall–Kier alpha value is 1.77. The molecular formula is C5H15AuLiP-2. The molecule has 0 aliphatic rings. The quantitative estimate of drug-likeness (QED) is 0.364. The molecule has 0 bridgehead atoms. The normalized spacial score (nSPS) is 4.50. The van der Waals surface area contributed by atoms with Crippen LogP contribution in [-0.4, -0.2) is 38.9 Å². The van der Waals surface area contributed by atoms with Crippen LogP contribution < -0.4 is 0 Å². The van der Waals surface area contributed by atoms with E-state index >= 15 is 0 Å². The Labute approximate surface area is 83.6 Å². The summed E-state index contributed by atoms with van der Waals surface area (Å²) < 4.78 is 0. The fourth-order valence-corrected chi connectivity index (χ4v) is 0. The summed E-state index contributed by atoms with van der Waals surface area (Å²) in [6.45, 7) is 6.69. The van der Waals surface area contributed by atoms with Crippen LogP contribution in [-0.2, 0) is 22.4 Å². The minimum Gasteiger partial charge on any atom is -0.358 e. The Kier molecular flexibility index (Phi) is 96.1. The van der Waals surface area contributed by atoms with Gasteiger partial charge in [-0.3, -0.25) is 0 Å². The van der Waals surface area contributed by atoms with E-state index in [1.54, 1.807) is 0 Å². The third-order valence-corrected chi connectivity index (χ3v) is 0. The SMILES string of the molecule is CP(C)C.[Au].[CH3-].[CH3-].[Li]. The van der Waals surface area contributed by atoms with E-state index in [4.69, 9.17) is 0 Å². The summed E-state index contributed by atoms with van der Waals surface area (Å²) in [5.41, 5.74) is 0. The average Bonchev–Trinajstić information content (AvgIpc) is 0.811. The minimum absolute atomic E-state index is 0. The molecule has 0 saturated carbocycles. The predicted octanol–water partition coefficient (Wildman–Crippen LogP) is 1.87. The van der Waals surface area contributed by atoms with Crippen molar-refractivity contribution < 1.29 is 22.4 Å². The zero-order chi connectivity index (χ0) is 3.58. The summed E-state index contributed by atoms with van der Waals surface area (Å²) in [6.07, 6.45) is 0. The molecular weight excluding hydrogens is 295 g/mol. The maximum absolute atomic E-state index is 2.23. The van der Waals surface area contributed by atoms with E-state index in [1.165, 1.54) is 0 Å². The van der Waals surface area contributed by atoms with Crippen LogP contribution in [0.4, 0.5) is 0 Å². The van der Waals surface area contributed by atoms with Gasteiger partial charge < -0.3 is 14.9 Å². The summed E-state index contributed by atoms with van der Waals surface area (Å²) in [7, 11) is 0.380. The summed E-state index contributed by atoms with van der Waals surface area (Å²) in [5, 5.41) is 0. The molecule has 2 radical (unpaired) electrons. The van der Waals surface area contributed by atoms with Crippen LogP contribution >= 0.6 is 7.92 Å². The Morgan fingerprint density at radius 2 is 0.875 bits per heavy atom. The van der Waals surface area contributed by atoms with Crippen LogP contribution in [0.25, 0.3) is 0 Å². The second kappa shape index (κ2) is 23.3. The molecule has 0 spiro atoms. The molecule has 0 amide bonds. The van der Waals surface area contributed by atoms with Gasteiger partial charge in [0.15, 0.2) is 0 Å². The molecule has 0 aromatic heterocycles. The number of hydrogen-bond acceptors (Lipinski definition) is 0. The third kappa shape index (κ3) is 114. The van der Waals surface area contributed by atoms with Crippen molar-refractivity contribution in [3.8, 4) is 0 Å². The van der Waals surface area contributed by atoms with Gasteiger partial charge in [-0.2, -0.15) is 0 Å². The van der Waals surface area contributed by atoms with E-state index in [9.17, 15) is 0 Å². The molecule has 0 heterocycles. The maximum atomic E-state index is 2.23. The van der Waals surface area contributed by atoms with Crippen molar-refractivity contribution in [3.05, 3.63) is 14.9 Å². The van der Waals surface area contributed by atoms with Gasteiger partial charge in [0.2, 0.25) is 0 Å². The van der Waals surface area contributed by atoms with Gasteiger partial charge in [-0.15, -0.1) is 7.92 Å². The fourth-order valence-electron chi connectivity index (χ4n) is 0. The van der Waals surface area contributed by atoms with Crippen LogP contribution in [0.1, 0.15) is 0 Å². The van der Waals surface area contributed by atoms with Gasteiger partial charge in [-0.1, -0.05) is 0 Å². The minimum atomic E-state index is 0. The van der Waals surface area contributed by atoms with Gasteiger partial charge in [0.25, 0.3) is 0 Å².